The highest BCUT2D eigenvalue weighted by Gasteiger charge is 2.08. The fraction of sp³-hybridized carbons (Fsp3) is 0.455. The Bertz CT molecular complexity index is 299. The quantitative estimate of drug-likeness (QED) is 0.839. The Labute approximate surface area is 97.7 Å². The molecule has 1 unspecified atom stereocenters. The van der Waals surface area contributed by atoms with Crippen molar-refractivity contribution in [1.29, 1.82) is 0 Å². The summed E-state index contributed by atoms with van der Waals surface area (Å²) in [6, 6.07) is 4.38. The average molecular weight is 276 g/mol. The summed E-state index contributed by atoms with van der Waals surface area (Å²) in [7, 11) is 0. The van der Waals surface area contributed by atoms with Crippen LogP contribution in [0.3, 0.4) is 0 Å². The van der Waals surface area contributed by atoms with Crippen molar-refractivity contribution in [2.75, 3.05) is 13.2 Å². The Morgan fingerprint density at radius 3 is 2.80 bits per heavy atom. The summed E-state index contributed by atoms with van der Waals surface area (Å²) in [6.45, 7) is 3.14. The molecule has 2 N–H and O–H groups in total. The minimum Gasteiger partial charge on any atom is -0.379 e. The molecule has 0 aliphatic carbocycles. The van der Waals surface area contributed by atoms with E-state index >= 15 is 0 Å². The molecule has 15 heavy (non-hydrogen) atoms. The maximum absolute atomic E-state index is 13.1. The molecule has 84 valence electrons. The van der Waals surface area contributed by atoms with E-state index in [1.54, 1.807) is 0 Å². The molecule has 0 aliphatic rings. The second-order valence-corrected chi connectivity index (χ2v) is 4.30. The zero-order valence-electron chi connectivity index (χ0n) is 8.67. The van der Waals surface area contributed by atoms with Crippen LogP contribution in [0.4, 0.5) is 4.39 Å². The molecule has 2 nitrogen and oxygen atoms in total. The van der Waals surface area contributed by atoms with Gasteiger partial charge >= 0.3 is 0 Å². The largest absolute Gasteiger partial charge is 0.379 e. The van der Waals surface area contributed by atoms with E-state index in [4.69, 9.17) is 10.5 Å². The van der Waals surface area contributed by atoms with E-state index in [-0.39, 0.29) is 11.9 Å². The summed E-state index contributed by atoms with van der Waals surface area (Å²) in [6.07, 6.45) is 0.958. The fourth-order valence-corrected chi connectivity index (χ4v) is 1.72. The Hall–Kier alpha value is -0.450. The maximum Gasteiger partial charge on any atom is 0.124 e. The average Bonchev–Trinajstić information content (AvgIpc) is 2.16. The fourth-order valence-electron chi connectivity index (χ4n) is 1.24. The van der Waals surface area contributed by atoms with Crippen molar-refractivity contribution in [1.82, 2.24) is 0 Å². The lowest BCUT2D eigenvalue weighted by Crippen LogP contribution is -2.17. The Balaban J connectivity index is 2.60. The molecule has 4 heteroatoms. The van der Waals surface area contributed by atoms with Crippen molar-refractivity contribution in [3.63, 3.8) is 0 Å². The predicted octanol–water partition coefficient (Wildman–Crippen LogP) is 3.01. The molecule has 1 aromatic carbocycles. The van der Waals surface area contributed by atoms with Crippen LogP contribution in [0.25, 0.3) is 0 Å². The minimum atomic E-state index is -0.287. The van der Waals surface area contributed by atoms with Crippen LogP contribution >= 0.6 is 15.9 Å². The van der Waals surface area contributed by atoms with Crippen molar-refractivity contribution in [2.24, 2.45) is 5.73 Å². The summed E-state index contributed by atoms with van der Waals surface area (Å²) in [5, 5.41) is 0. The van der Waals surface area contributed by atoms with E-state index < -0.39 is 0 Å². The molecule has 0 bridgehead atoms. The Morgan fingerprint density at radius 2 is 2.20 bits per heavy atom. The molecule has 0 fully saturated rings. The second-order valence-electron chi connectivity index (χ2n) is 3.38. The van der Waals surface area contributed by atoms with E-state index in [0.29, 0.717) is 17.7 Å². The van der Waals surface area contributed by atoms with E-state index in [0.717, 1.165) is 12.0 Å². The highest BCUT2D eigenvalue weighted by atomic mass is 79.9. The highest BCUT2D eigenvalue weighted by molar-refractivity contribution is 9.10. The molecule has 0 saturated heterocycles. The first-order valence-corrected chi connectivity index (χ1v) is 5.72. The standard InChI is InChI=1S/C11H15BrFNO/c1-2-3-15-7-11(14)8-4-9(12)6-10(13)5-8/h4-6,11H,2-3,7,14H2,1H3. The summed E-state index contributed by atoms with van der Waals surface area (Å²) in [5.41, 5.74) is 6.61. The van der Waals surface area contributed by atoms with Gasteiger partial charge in [-0.15, -0.1) is 0 Å². The van der Waals surface area contributed by atoms with Crippen LogP contribution in [-0.2, 0) is 4.74 Å². The van der Waals surface area contributed by atoms with Gasteiger partial charge in [-0.25, -0.2) is 4.39 Å². The predicted molar refractivity (Wildman–Crippen MR) is 62.1 cm³/mol. The third kappa shape index (κ3) is 4.28. The van der Waals surface area contributed by atoms with E-state index in [9.17, 15) is 4.39 Å². The number of ether oxygens (including phenoxy) is 1. The third-order valence-corrected chi connectivity index (χ3v) is 2.42. The van der Waals surface area contributed by atoms with Crippen LogP contribution in [0.1, 0.15) is 24.9 Å². The van der Waals surface area contributed by atoms with Gasteiger partial charge in [-0.1, -0.05) is 22.9 Å². The van der Waals surface area contributed by atoms with Crippen LogP contribution < -0.4 is 5.73 Å². The molecular formula is C11H15BrFNO. The summed E-state index contributed by atoms with van der Waals surface area (Å²) in [4.78, 5) is 0. The van der Waals surface area contributed by atoms with E-state index in [2.05, 4.69) is 15.9 Å². The van der Waals surface area contributed by atoms with Crippen molar-refractivity contribution < 1.29 is 9.13 Å². The van der Waals surface area contributed by atoms with Gasteiger partial charge in [-0.2, -0.15) is 0 Å². The first kappa shape index (κ1) is 12.6. The van der Waals surface area contributed by atoms with Crippen molar-refractivity contribution in [3.05, 3.63) is 34.1 Å². The smallest absolute Gasteiger partial charge is 0.124 e. The summed E-state index contributed by atoms with van der Waals surface area (Å²) < 4.78 is 19.1. The molecular weight excluding hydrogens is 261 g/mol. The highest BCUT2D eigenvalue weighted by Crippen LogP contribution is 2.19. The molecule has 0 heterocycles. The topological polar surface area (TPSA) is 35.2 Å². The Morgan fingerprint density at radius 1 is 1.47 bits per heavy atom. The van der Waals surface area contributed by atoms with Gasteiger partial charge in [-0.3, -0.25) is 0 Å². The monoisotopic (exact) mass is 275 g/mol. The number of benzene rings is 1. The van der Waals surface area contributed by atoms with Gasteiger partial charge in [0, 0.05) is 11.1 Å². The lowest BCUT2D eigenvalue weighted by Gasteiger charge is -2.12. The molecule has 0 saturated carbocycles. The molecule has 1 aromatic rings. The summed E-state index contributed by atoms with van der Waals surface area (Å²) >= 11 is 3.23. The summed E-state index contributed by atoms with van der Waals surface area (Å²) in [5.74, 6) is -0.287. The number of nitrogens with two attached hydrogens (primary N) is 1. The number of hydrogen-bond donors (Lipinski definition) is 1. The van der Waals surface area contributed by atoms with Crippen LogP contribution in [0.5, 0.6) is 0 Å². The SMILES string of the molecule is CCCOCC(N)c1cc(F)cc(Br)c1. The van der Waals surface area contributed by atoms with Crippen LogP contribution in [0.15, 0.2) is 22.7 Å². The maximum atomic E-state index is 13.1. The second kappa shape index (κ2) is 6.20. The third-order valence-electron chi connectivity index (χ3n) is 1.96. The van der Waals surface area contributed by atoms with Gasteiger partial charge in [-0.05, 0) is 30.2 Å². The van der Waals surface area contributed by atoms with Crippen LogP contribution in [-0.4, -0.2) is 13.2 Å². The van der Waals surface area contributed by atoms with Gasteiger partial charge < -0.3 is 10.5 Å². The lowest BCUT2D eigenvalue weighted by molar-refractivity contribution is 0.121. The van der Waals surface area contributed by atoms with Crippen LogP contribution in [0, 0.1) is 5.82 Å². The van der Waals surface area contributed by atoms with E-state index in [1.165, 1.54) is 12.1 Å². The van der Waals surface area contributed by atoms with Crippen molar-refractivity contribution in [3.8, 4) is 0 Å². The molecule has 1 rings (SSSR count). The number of hydrogen-bond acceptors (Lipinski definition) is 2. The van der Waals surface area contributed by atoms with Gasteiger partial charge in [0.1, 0.15) is 5.82 Å². The molecule has 0 aromatic heterocycles. The first-order chi connectivity index (χ1) is 7.13. The molecule has 1 atom stereocenters. The lowest BCUT2D eigenvalue weighted by atomic mass is 10.1. The zero-order chi connectivity index (χ0) is 11.3. The van der Waals surface area contributed by atoms with Crippen molar-refractivity contribution in [2.45, 2.75) is 19.4 Å². The molecule has 0 spiro atoms. The minimum absolute atomic E-state index is 0.274. The molecule has 0 aliphatic heterocycles. The Kier molecular flexibility index (Phi) is 5.22. The van der Waals surface area contributed by atoms with Crippen molar-refractivity contribution >= 4 is 15.9 Å². The normalized spacial score (nSPS) is 12.8. The number of halogens is 2. The first-order valence-electron chi connectivity index (χ1n) is 4.92. The van der Waals surface area contributed by atoms with Gasteiger partial charge in [0.2, 0.25) is 0 Å². The molecule has 0 radical (unpaired) electrons. The van der Waals surface area contributed by atoms with Gasteiger partial charge in [0.05, 0.1) is 12.6 Å². The van der Waals surface area contributed by atoms with Gasteiger partial charge in [0.15, 0.2) is 0 Å². The van der Waals surface area contributed by atoms with Gasteiger partial charge in [0.25, 0.3) is 0 Å². The zero-order valence-corrected chi connectivity index (χ0v) is 10.3. The number of rotatable bonds is 5. The molecule has 0 amide bonds. The van der Waals surface area contributed by atoms with E-state index in [1.807, 2.05) is 13.0 Å². The van der Waals surface area contributed by atoms with Crippen LogP contribution in [0.2, 0.25) is 0 Å².